The topological polar surface area (TPSA) is 76.7 Å². The standard InChI is InChI=1S/C11H17N5S2/c1-11(2,3)10-9(18-16-15-10)8(14-12)4-7-5-13-6-17-7/h5-6,8,14H,4,12H2,1-3H3. The third-order valence-corrected chi connectivity index (χ3v) is 4.27. The van der Waals surface area contributed by atoms with Crippen LogP contribution in [0.15, 0.2) is 11.7 Å². The molecule has 1 atom stereocenters. The molecule has 2 aromatic heterocycles. The van der Waals surface area contributed by atoms with Crippen LogP contribution in [-0.4, -0.2) is 14.6 Å². The van der Waals surface area contributed by atoms with Gasteiger partial charge in [-0.25, -0.2) is 0 Å². The summed E-state index contributed by atoms with van der Waals surface area (Å²) in [5.74, 6) is 5.68. The Kier molecular flexibility index (Phi) is 4.06. The van der Waals surface area contributed by atoms with Gasteiger partial charge in [0.15, 0.2) is 0 Å². The summed E-state index contributed by atoms with van der Waals surface area (Å²) in [6.45, 7) is 6.40. The van der Waals surface area contributed by atoms with E-state index in [4.69, 9.17) is 5.84 Å². The van der Waals surface area contributed by atoms with Gasteiger partial charge in [0, 0.05) is 22.9 Å². The number of nitrogens with one attached hydrogen (secondary N) is 1. The van der Waals surface area contributed by atoms with E-state index < -0.39 is 0 Å². The van der Waals surface area contributed by atoms with E-state index in [2.05, 4.69) is 40.8 Å². The van der Waals surface area contributed by atoms with E-state index in [0.29, 0.717) is 0 Å². The fourth-order valence-corrected chi connectivity index (χ4v) is 3.28. The van der Waals surface area contributed by atoms with Crippen LogP contribution >= 0.6 is 22.9 Å². The molecule has 0 aliphatic heterocycles. The van der Waals surface area contributed by atoms with E-state index in [-0.39, 0.29) is 11.5 Å². The summed E-state index contributed by atoms with van der Waals surface area (Å²) < 4.78 is 4.07. The first-order chi connectivity index (χ1) is 8.52. The van der Waals surface area contributed by atoms with Crippen molar-refractivity contribution in [1.29, 1.82) is 0 Å². The molecule has 2 aromatic rings. The fourth-order valence-electron chi connectivity index (χ4n) is 1.72. The molecule has 7 heteroatoms. The van der Waals surface area contributed by atoms with Gasteiger partial charge in [0.2, 0.25) is 0 Å². The van der Waals surface area contributed by atoms with Crippen LogP contribution in [0.4, 0.5) is 0 Å². The van der Waals surface area contributed by atoms with Crippen LogP contribution in [0.5, 0.6) is 0 Å². The fraction of sp³-hybridized carbons (Fsp3) is 0.545. The monoisotopic (exact) mass is 283 g/mol. The average molecular weight is 283 g/mol. The number of aromatic nitrogens is 3. The maximum absolute atomic E-state index is 5.68. The molecular formula is C11H17N5S2. The zero-order valence-corrected chi connectivity index (χ0v) is 12.3. The molecule has 0 spiro atoms. The van der Waals surface area contributed by atoms with Gasteiger partial charge in [0.05, 0.1) is 22.1 Å². The lowest BCUT2D eigenvalue weighted by atomic mass is 9.89. The van der Waals surface area contributed by atoms with Gasteiger partial charge in [-0.15, -0.1) is 16.4 Å². The summed E-state index contributed by atoms with van der Waals surface area (Å²) >= 11 is 3.05. The Hall–Kier alpha value is -0.890. The lowest BCUT2D eigenvalue weighted by Gasteiger charge is -2.20. The van der Waals surface area contributed by atoms with Gasteiger partial charge in [0.25, 0.3) is 0 Å². The predicted molar refractivity (Wildman–Crippen MR) is 74.5 cm³/mol. The number of nitrogens with two attached hydrogens (primary N) is 1. The minimum Gasteiger partial charge on any atom is -0.271 e. The number of thiazole rings is 1. The van der Waals surface area contributed by atoms with E-state index in [1.165, 1.54) is 16.4 Å². The highest BCUT2D eigenvalue weighted by molar-refractivity contribution is 7.09. The van der Waals surface area contributed by atoms with Gasteiger partial charge in [-0.05, 0) is 11.5 Å². The van der Waals surface area contributed by atoms with E-state index in [0.717, 1.165) is 17.0 Å². The van der Waals surface area contributed by atoms with Crippen molar-refractivity contribution in [3.8, 4) is 0 Å². The highest BCUT2D eigenvalue weighted by Gasteiger charge is 2.27. The molecule has 2 rings (SSSR count). The minimum atomic E-state index is -0.0227. The van der Waals surface area contributed by atoms with Crippen LogP contribution in [0.1, 0.15) is 42.3 Å². The van der Waals surface area contributed by atoms with Crippen molar-refractivity contribution in [2.24, 2.45) is 5.84 Å². The lowest BCUT2D eigenvalue weighted by molar-refractivity contribution is 0.517. The summed E-state index contributed by atoms with van der Waals surface area (Å²) in [7, 11) is 0. The quantitative estimate of drug-likeness (QED) is 0.663. The second-order valence-electron chi connectivity index (χ2n) is 5.13. The molecule has 0 radical (unpaired) electrons. The molecule has 3 N–H and O–H groups in total. The number of nitrogens with zero attached hydrogens (tertiary/aromatic N) is 3. The molecule has 0 aliphatic rings. The molecule has 0 saturated heterocycles. The van der Waals surface area contributed by atoms with Crippen LogP contribution < -0.4 is 11.3 Å². The predicted octanol–water partition coefficient (Wildman–Crippen LogP) is 2.04. The first kappa shape index (κ1) is 13.5. The molecule has 0 saturated carbocycles. The van der Waals surface area contributed by atoms with Crippen molar-refractivity contribution in [3.63, 3.8) is 0 Å². The number of hydrogen-bond acceptors (Lipinski definition) is 7. The van der Waals surface area contributed by atoms with Crippen LogP contribution in [0, 0.1) is 0 Å². The summed E-state index contributed by atoms with van der Waals surface area (Å²) in [6, 6.07) is 0.0414. The van der Waals surface area contributed by atoms with Crippen molar-refractivity contribution in [2.45, 2.75) is 38.6 Å². The minimum absolute atomic E-state index is 0.0227. The second kappa shape index (κ2) is 5.40. The van der Waals surface area contributed by atoms with Gasteiger partial charge >= 0.3 is 0 Å². The van der Waals surface area contributed by atoms with E-state index in [1.54, 1.807) is 11.3 Å². The average Bonchev–Trinajstić information content (AvgIpc) is 2.95. The van der Waals surface area contributed by atoms with Crippen molar-refractivity contribution < 1.29 is 0 Å². The second-order valence-corrected chi connectivity index (χ2v) is 6.88. The van der Waals surface area contributed by atoms with Crippen molar-refractivity contribution in [1.82, 2.24) is 20.0 Å². The van der Waals surface area contributed by atoms with E-state index in [9.17, 15) is 0 Å². The number of rotatable bonds is 4. The van der Waals surface area contributed by atoms with Crippen molar-refractivity contribution in [3.05, 3.63) is 27.2 Å². The largest absolute Gasteiger partial charge is 0.271 e. The maximum atomic E-state index is 5.68. The Bertz CT molecular complexity index is 486. The summed E-state index contributed by atoms with van der Waals surface area (Å²) in [6.07, 6.45) is 2.69. The summed E-state index contributed by atoms with van der Waals surface area (Å²) in [5, 5.41) is 4.25. The zero-order valence-electron chi connectivity index (χ0n) is 10.7. The van der Waals surface area contributed by atoms with Crippen molar-refractivity contribution >= 4 is 22.9 Å². The summed E-state index contributed by atoms with van der Waals surface area (Å²) in [5.41, 5.74) is 5.69. The van der Waals surface area contributed by atoms with Gasteiger partial charge in [-0.2, -0.15) is 0 Å². The molecule has 1 unspecified atom stereocenters. The number of hydrogen-bond donors (Lipinski definition) is 2. The van der Waals surface area contributed by atoms with Crippen LogP contribution in [0.3, 0.4) is 0 Å². The lowest BCUT2D eigenvalue weighted by Crippen LogP contribution is -2.30. The van der Waals surface area contributed by atoms with Crippen LogP contribution in [0.25, 0.3) is 0 Å². The molecule has 0 aromatic carbocycles. The molecule has 2 heterocycles. The highest BCUT2D eigenvalue weighted by atomic mass is 32.1. The van der Waals surface area contributed by atoms with Gasteiger partial charge in [-0.3, -0.25) is 16.3 Å². The third kappa shape index (κ3) is 2.92. The van der Waals surface area contributed by atoms with Gasteiger partial charge < -0.3 is 0 Å². The van der Waals surface area contributed by atoms with Crippen molar-refractivity contribution in [2.75, 3.05) is 0 Å². The van der Waals surface area contributed by atoms with Crippen LogP contribution in [0.2, 0.25) is 0 Å². The molecule has 98 valence electrons. The smallest absolute Gasteiger partial charge is 0.0857 e. The van der Waals surface area contributed by atoms with E-state index >= 15 is 0 Å². The van der Waals surface area contributed by atoms with Gasteiger partial charge in [-0.1, -0.05) is 25.3 Å². The Balaban J connectivity index is 2.25. The normalized spacial score (nSPS) is 13.8. The maximum Gasteiger partial charge on any atom is 0.0857 e. The number of hydrazine groups is 1. The first-order valence-corrected chi connectivity index (χ1v) is 7.34. The van der Waals surface area contributed by atoms with E-state index in [1.807, 2.05) is 11.7 Å². The Morgan fingerprint density at radius 1 is 1.44 bits per heavy atom. The first-order valence-electron chi connectivity index (χ1n) is 5.68. The molecule has 5 nitrogen and oxygen atoms in total. The summed E-state index contributed by atoms with van der Waals surface area (Å²) in [4.78, 5) is 6.39. The third-order valence-electron chi connectivity index (χ3n) is 2.63. The Morgan fingerprint density at radius 2 is 2.22 bits per heavy atom. The molecular weight excluding hydrogens is 266 g/mol. The Morgan fingerprint density at radius 3 is 2.78 bits per heavy atom. The Labute approximate surface area is 115 Å². The highest BCUT2D eigenvalue weighted by Crippen LogP contribution is 2.31. The van der Waals surface area contributed by atoms with Gasteiger partial charge in [0.1, 0.15) is 0 Å². The molecule has 0 fully saturated rings. The molecule has 0 bridgehead atoms. The molecule has 0 aliphatic carbocycles. The van der Waals surface area contributed by atoms with Crippen LogP contribution in [-0.2, 0) is 11.8 Å². The molecule has 0 amide bonds. The molecule has 18 heavy (non-hydrogen) atoms. The SMILES string of the molecule is CC(C)(C)c1nnsc1C(Cc1cncs1)NN. The zero-order chi connectivity index (χ0) is 13.2.